The SMILES string of the molecule is COc1cc(C=Nn2c(-c3cc4c(OC)cccc4o3)nc3ccccc3c2=O)c(Br)cc1OCC(=O)Nc1ccc(Cl)cc1. The third-order valence-electron chi connectivity index (χ3n) is 6.80. The fraction of sp³-hybridized carbons (Fsp3) is 0.0909. The number of nitrogens with one attached hydrogen (secondary N) is 1. The van der Waals surface area contributed by atoms with Gasteiger partial charge < -0.3 is 23.9 Å². The average Bonchev–Trinajstić information content (AvgIpc) is 3.49. The van der Waals surface area contributed by atoms with E-state index in [0.717, 1.165) is 5.39 Å². The molecule has 12 heteroatoms. The van der Waals surface area contributed by atoms with E-state index in [9.17, 15) is 9.59 Å². The highest BCUT2D eigenvalue weighted by molar-refractivity contribution is 9.10. The Hall–Kier alpha value is -5.13. The van der Waals surface area contributed by atoms with Crippen LogP contribution in [-0.4, -0.2) is 42.6 Å². The van der Waals surface area contributed by atoms with Crippen LogP contribution in [-0.2, 0) is 4.79 Å². The Bertz CT molecular complexity index is 2140. The summed E-state index contributed by atoms with van der Waals surface area (Å²) in [5, 5.41) is 8.97. The topological polar surface area (TPSA) is 117 Å². The maximum atomic E-state index is 13.7. The van der Waals surface area contributed by atoms with Crippen molar-refractivity contribution >= 4 is 67.2 Å². The number of furan rings is 1. The van der Waals surface area contributed by atoms with E-state index in [1.165, 1.54) is 18.0 Å². The third-order valence-corrected chi connectivity index (χ3v) is 7.74. The molecule has 0 fully saturated rings. The molecule has 10 nitrogen and oxygen atoms in total. The number of fused-ring (bicyclic) bond motifs is 2. The monoisotopic (exact) mass is 686 g/mol. The first-order valence-corrected chi connectivity index (χ1v) is 14.7. The Kier molecular flexibility index (Phi) is 8.54. The number of ether oxygens (including phenoxy) is 3. The number of halogens is 2. The quantitative estimate of drug-likeness (QED) is 0.161. The van der Waals surface area contributed by atoms with Crippen LogP contribution in [0.25, 0.3) is 33.5 Å². The number of carbonyl (C=O) groups is 1. The standard InChI is InChI=1S/C33H24BrClN4O6/c1-42-26-8-5-9-27-23(26)15-30(45-27)32-38-25-7-4-3-6-22(25)33(41)39(32)36-17-19-14-28(43-2)29(16-24(19)34)44-18-31(40)37-21-12-10-20(35)11-13-21/h3-17H,18H2,1-2H3,(H,37,40). The van der Waals surface area contributed by atoms with E-state index in [1.54, 1.807) is 67.8 Å². The minimum absolute atomic E-state index is 0.211. The zero-order valence-electron chi connectivity index (χ0n) is 23.9. The van der Waals surface area contributed by atoms with E-state index in [2.05, 4.69) is 26.3 Å². The van der Waals surface area contributed by atoms with Crippen molar-refractivity contribution in [3.05, 3.63) is 110 Å². The Morgan fingerprint density at radius 2 is 1.76 bits per heavy atom. The van der Waals surface area contributed by atoms with Gasteiger partial charge in [-0.25, -0.2) is 4.98 Å². The molecule has 2 aromatic heterocycles. The molecule has 0 bridgehead atoms. The van der Waals surface area contributed by atoms with Gasteiger partial charge in [-0.1, -0.05) is 29.8 Å². The van der Waals surface area contributed by atoms with Gasteiger partial charge in [0.05, 0.1) is 36.7 Å². The highest BCUT2D eigenvalue weighted by Gasteiger charge is 2.18. The van der Waals surface area contributed by atoms with Crippen LogP contribution < -0.4 is 25.1 Å². The molecule has 6 rings (SSSR count). The molecule has 45 heavy (non-hydrogen) atoms. The van der Waals surface area contributed by atoms with Gasteiger partial charge in [-0.15, -0.1) is 0 Å². The summed E-state index contributed by atoms with van der Waals surface area (Å²) >= 11 is 9.44. The molecule has 0 aliphatic carbocycles. The first-order valence-electron chi connectivity index (χ1n) is 13.5. The fourth-order valence-electron chi connectivity index (χ4n) is 4.63. The second-order valence-corrected chi connectivity index (χ2v) is 11.0. The highest BCUT2D eigenvalue weighted by atomic mass is 79.9. The van der Waals surface area contributed by atoms with Gasteiger partial charge in [0.2, 0.25) is 5.82 Å². The summed E-state index contributed by atoms with van der Waals surface area (Å²) in [5.41, 5.74) is 1.86. The Morgan fingerprint density at radius 3 is 2.53 bits per heavy atom. The lowest BCUT2D eigenvalue weighted by atomic mass is 10.2. The molecule has 2 heterocycles. The van der Waals surface area contributed by atoms with Crippen LogP contribution in [0.3, 0.4) is 0 Å². The van der Waals surface area contributed by atoms with Crippen molar-refractivity contribution in [3.8, 4) is 28.8 Å². The molecule has 226 valence electrons. The molecular formula is C33H24BrClN4O6. The smallest absolute Gasteiger partial charge is 0.282 e. The van der Waals surface area contributed by atoms with Gasteiger partial charge in [0, 0.05) is 20.7 Å². The lowest BCUT2D eigenvalue weighted by molar-refractivity contribution is -0.118. The fourth-order valence-corrected chi connectivity index (χ4v) is 5.18. The van der Waals surface area contributed by atoms with Gasteiger partial charge in [0.1, 0.15) is 11.3 Å². The zero-order chi connectivity index (χ0) is 31.5. The molecule has 6 aromatic rings. The second kappa shape index (κ2) is 12.8. The third kappa shape index (κ3) is 6.26. The summed E-state index contributed by atoms with van der Waals surface area (Å²) in [6, 6.07) is 24.3. The van der Waals surface area contributed by atoms with Crippen molar-refractivity contribution in [1.29, 1.82) is 0 Å². The van der Waals surface area contributed by atoms with E-state index < -0.39 is 0 Å². The number of carbonyl (C=O) groups excluding carboxylic acids is 1. The van der Waals surface area contributed by atoms with Crippen LogP contribution in [0.4, 0.5) is 5.69 Å². The number of amides is 1. The van der Waals surface area contributed by atoms with Crippen molar-refractivity contribution < 1.29 is 23.4 Å². The van der Waals surface area contributed by atoms with Crippen molar-refractivity contribution in [3.63, 3.8) is 0 Å². The van der Waals surface area contributed by atoms with Gasteiger partial charge in [0.25, 0.3) is 11.5 Å². The normalized spacial score (nSPS) is 11.3. The number of para-hydroxylation sites is 1. The predicted octanol–water partition coefficient (Wildman–Crippen LogP) is 7.14. The minimum Gasteiger partial charge on any atom is -0.496 e. The number of hydrogen-bond acceptors (Lipinski definition) is 8. The first kappa shape index (κ1) is 29.9. The number of rotatable bonds is 9. The number of anilines is 1. The summed E-state index contributed by atoms with van der Waals surface area (Å²) < 4.78 is 24.6. The van der Waals surface area contributed by atoms with E-state index in [-0.39, 0.29) is 23.9 Å². The van der Waals surface area contributed by atoms with Gasteiger partial charge in [-0.3, -0.25) is 9.59 Å². The molecule has 0 atom stereocenters. The van der Waals surface area contributed by atoms with Crippen molar-refractivity contribution in [2.24, 2.45) is 5.10 Å². The minimum atomic E-state index is -0.381. The number of methoxy groups -OCH3 is 2. The molecule has 0 aliphatic heterocycles. The molecule has 0 saturated carbocycles. The van der Waals surface area contributed by atoms with Crippen LogP contribution in [0.1, 0.15) is 5.56 Å². The summed E-state index contributed by atoms with van der Waals surface area (Å²) in [4.78, 5) is 30.9. The van der Waals surface area contributed by atoms with Crippen molar-refractivity contribution in [1.82, 2.24) is 9.66 Å². The molecule has 0 unspecified atom stereocenters. The average molecular weight is 688 g/mol. The number of nitrogens with zero attached hydrogens (tertiary/aromatic N) is 3. The summed E-state index contributed by atoms with van der Waals surface area (Å²) in [6.45, 7) is -0.261. The number of aromatic nitrogens is 2. The number of hydrogen-bond donors (Lipinski definition) is 1. The lowest BCUT2D eigenvalue weighted by Gasteiger charge is -2.13. The maximum absolute atomic E-state index is 13.7. The maximum Gasteiger partial charge on any atom is 0.282 e. The predicted molar refractivity (Wildman–Crippen MR) is 177 cm³/mol. The Balaban J connectivity index is 1.33. The molecule has 1 amide bonds. The number of benzene rings is 4. The molecule has 0 aliphatic rings. The van der Waals surface area contributed by atoms with Crippen LogP contribution in [0.5, 0.6) is 17.2 Å². The summed E-state index contributed by atoms with van der Waals surface area (Å²) in [6.07, 6.45) is 1.49. The van der Waals surface area contributed by atoms with E-state index in [0.29, 0.717) is 60.2 Å². The van der Waals surface area contributed by atoms with Crippen molar-refractivity contribution in [2.75, 3.05) is 26.1 Å². The largest absolute Gasteiger partial charge is 0.496 e. The van der Waals surface area contributed by atoms with Crippen LogP contribution in [0.15, 0.2) is 104 Å². The van der Waals surface area contributed by atoms with E-state index in [1.807, 2.05) is 24.3 Å². The Morgan fingerprint density at radius 1 is 0.978 bits per heavy atom. The van der Waals surface area contributed by atoms with Crippen molar-refractivity contribution in [2.45, 2.75) is 0 Å². The van der Waals surface area contributed by atoms with Gasteiger partial charge in [-0.05, 0) is 82.7 Å². The van der Waals surface area contributed by atoms with Gasteiger partial charge >= 0.3 is 0 Å². The van der Waals surface area contributed by atoms with Crippen LogP contribution in [0, 0.1) is 0 Å². The molecule has 4 aromatic carbocycles. The second-order valence-electron chi connectivity index (χ2n) is 9.67. The van der Waals surface area contributed by atoms with Gasteiger partial charge in [0.15, 0.2) is 23.9 Å². The van der Waals surface area contributed by atoms with Crippen LogP contribution >= 0.6 is 27.5 Å². The van der Waals surface area contributed by atoms with Gasteiger partial charge in [-0.2, -0.15) is 9.78 Å². The lowest BCUT2D eigenvalue weighted by Crippen LogP contribution is -2.20. The molecule has 0 saturated heterocycles. The highest BCUT2D eigenvalue weighted by Crippen LogP contribution is 2.34. The molecular weight excluding hydrogens is 664 g/mol. The Labute approximate surface area is 269 Å². The van der Waals surface area contributed by atoms with E-state index in [4.69, 9.17) is 35.2 Å². The molecule has 0 spiro atoms. The first-order chi connectivity index (χ1) is 21.8. The van der Waals surface area contributed by atoms with E-state index >= 15 is 0 Å². The van der Waals surface area contributed by atoms with Crippen LogP contribution in [0.2, 0.25) is 5.02 Å². The zero-order valence-corrected chi connectivity index (χ0v) is 26.3. The molecule has 0 radical (unpaired) electrons. The molecule has 1 N–H and O–H groups in total. The summed E-state index contributed by atoms with van der Waals surface area (Å²) in [5.74, 6) is 1.50. The summed E-state index contributed by atoms with van der Waals surface area (Å²) in [7, 11) is 3.06.